The van der Waals surface area contributed by atoms with E-state index in [-0.39, 0.29) is 30.7 Å². The van der Waals surface area contributed by atoms with Gasteiger partial charge in [-0.15, -0.1) is 0 Å². The molecular weight excluding hydrogens is 418 g/mol. The van der Waals surface area contributed by atoms with Crippen molar-refractivity contribution < 1.29 is 19.1 Å². The summed E-state index contributed by atoms with van der Waals surface area (Å²) in [6.07, 6.45) is 0.968. The number of nitrogens with one attached hydrogen (secondary N) is 1. The van der Waals surface area contributed by atoms with Gasteiger partial charge in [0.15, 0.2) is 0 Å². The second kappa shape index (κ2) is 7.89. The van der Waals surface area contributed by atoms with Gasteiger partial charge in [-0.1, -0.05) is 23.7 Å². The minimum absolute atomic E-state index is 0.0155. The fourth-order valence-electron chi connectivity index (χ4n) is 4.40. The minimum atomic E-state index is -0.780. The largest absolute Gasteiger partial charge is 0.495 e. The summed E-state index contributed by atoms with van der Waals surface area (Å²) in [4.78, 5) is 41.9. The SMILES string of the molecule is COc1cc(Cl)c(C)cc1NC(=O)CCN1C(=O)c2ccccc2N2C(=O)CCC12C. The lowest BCUT2D eigenvalue weighted by Gasteiger charge is -2.48. The molecule has 3 amide bonds. The molecular formula is C23H24ClN3O4. The van der Waals surface area contributed by atoms with Crippen molar-refractivity contribution in [2.45, 2.75) is 38.8 Å². The molecule has 1 atom stereocenters. The van der Waals surface area contributed by atoms with Crippen LogP contribution in [0, 0.1) is 6.92 Å². The van der Waals surface area contributed by atoms with E-state index >= 15 is 0 Å². The Kier molecular flexibility index (Phi) is 5.39. The zero-order chi connectivity index (χ0) is 22.3. The lowest BCUT2D eigenvalue weighted by molar-refractivity contribution is -0.117. The molecule has 1 fully saturated rings. The van der Waals surface area contributed by atoms with Gasteiger partial charge < -0.3 is 15.0 Å². The molecule has 1 N–H and O–H groups in total. The number of rotatable bonds is 5. The van der Waals surface area contributed by atoms with Crippen LogP contribution in [0.2, 0.25) is 5.02 Å². The summed E-state index contributed by atoms with van der Waals surface area (Å²) < 4.78 is 5.31. The second-order valence-corrected chi connectivity index (χ2v) is 8.43. The Hall–Kier alpha value is -3.06. The van der Waals surface area contributed by atoms with Crippen molar-refractivity contribution >= 4 is 40.7 Å². The number of fused-ring (bicyclic) bond motifs is 3. The molecule has 162 valence electrons. The fourth-order valence-corrected chi connectivity index (χ4v) is 4.55. The van der Waals surface area contributed by atoms with Crippen LogP contribution in [0.15, 0.2) is 36.4 Å². The van der Waals surface area contributed by atoms with Gasteiger partial charge in [0.1, 0.15) is 11.4 Å². The highest BCUT2D eigenvalue weighted by Crippen LogP contribution is 2.44. The Labute approximate surface area is 185 Å². The second-order valence-electron chi connectivity index (χ2n) is 8.02. The van der Waals surface area contributed by atoms with Crippen LogP contribution in [0.3, 0.4) is 0 Å². The number of para-hydroxylation sites is 1. The van der Waals surface area contributed by atoms with Gasteiger partial charge in [-0.3, -0.25) is 19.3 Å². The maximum absolute atomic E-state index is 13.2. The monoisotopic (exact) mass is 441 g/mol. The van der Waals surface area contributed by atoms with Crippen molar-refractivity contribution in [3.8, 4) is 5.75 Å². The number of benzene rings is 2. The molecule has 2 aromatic rings. The number of halogens is 1. The number of methoxy groups -OCH3 is 1. The van der Waals surface area contributed by atoms with Gasteiger partial charge in [0, 0.05) is 30.5 Å². The summed E-state index contributed by atoms with van der Waals surface area (Å²) in [5.74, 6) is 0.0210. The predicted molar refractivity (Wildman–Crippen MR) is 119 cm³/mol. The number of aryl methyl sites for hydroxylation is 1. The van der Waals surface area contributed by atoms with Crippen LogP contribution in [0.25, 0.3) is 0 Å². The van der Waals surface area contributed by atoms with Crippen LogP contribution < -0.4 is 15.0 Å². The van der Waals surface area contributed by atoms with E-state index in [1.807, 2.05) is 19.9 Å². The zero-order valence-electron chi connectivity index (χ0n) is 17.7. The fraction of sp³-hybridized carbons (Fsp3) is 0.348. The van der Waals surface area contributed by atoms with E-state index in [9.17, 15) is 14.4 Å². The summed E-state index contributed by atoms with van der Waals surface area (Å²) >= 11 is 6.13. The average Bonchev–Trinajstić information content (AvgIpc) is 3.05. The average molecular weight is 442 g/mol. The molecule has 2 aliphatic heterocycles. The molecule has 2 heterocycles. The standard InChI is InChI=1S/C23H24ClN3O4/c1-14-12-17(19(31-3)13-16(14)24)25-20(28)9-11-26-22(30)15-6-4-5-7-18(15)27-21(29)8-10-23(26,27)2/h4-7,12-13H,8-11H2,1-3H3,(H,25,28). The van der Waals surface area contributed by atoms with Gasteiger partial charge in [0.05, 0.1) is 24.0 Å². The molecule has 1 saturated heterocycles. The molecule has 0 aromatic heterocycles. The van der Waals surface area contributed by atoms with Crippen molar-refractivity contribution in [3.05, 3.63) is 52.5 Å². The van der Waals surface area contributed by atoms with Gasteiger partial charge in [-0.2, -0.15) is 0 Å². The first kappa shape index (κ1) is 21.2. The summed E-state index contributed by atoms with van der Waals surface area (Å²) in [6.45, 7) is 3.91. The Morgan fingerprint density at radius 1 is 1.26 bits per heavy atom. The summed E-state index contributed by atoms with van der Waals surface area (Å²) in [6, 6.07) is 10.5. The summed E-state index contributed by atoms with van der Waals surface area (Å²) in [5, 5.41) is 3.39. The van der Waals surface area contributed by atoms with Crippen LogP contribution >= 0.6 is 11.6 Å². The lowest BCUT2D eigenvalue weighted by atomic mass is 9.98. The van der Waals surface area contributed by atoms with E-state index in [1.165, 1.54) is 7.11 Å². The molecule has 31 heavy (non-hydrogen) atoms. The van der Waals surface area contributed by atoms with Gasteiger partial charge in [-0.25, -0.2) is 0 Å². The lowest BCUT2D eigenvalue weighted by Crippen LogP contribution is -2.62. The van der Waals surface area contributed by atoms with Crippen molar-refractivity contribution in [2.24, 2.45) is 0 Å². The molecule has 0 radical (unpaired) electrons. The number of amides is 3. The molecule has 4 rings (SSSR count). The number of ether oxygens (including phenoxy) is 1. The van der Waals surface area contributed by atoms with Crippen molar-refractivity contribution in [3.63, 3.8) is 0 Å². The topological polar surface area (TPSA) is 79.0 Å². The Morgan fingerprint density at radius 2 is 2.00 bits per heavy atom. The van der Waals surface area contributed by atoms with E-state index in [0.29, 0.717) is 40.6 Å². The maximum atomic E-state index is 13.2. The highest BCUT2D eigenvalue weighted by molar-refractivity contribution is 6.31. The van der Waals surface area contributed by atoms with Crippen molar-refractivity contribution in [1.29, 1.82) is 0 Å². The smallest absolute Gasteiger partial charge is 0.257 e. The van der Waals surface area contributed by atoms with Crippen LogP contribution in [0.1, 0.15) is 42.1 Å². The van der Waals surface area contributed by atoms with E-state index in [0.717, 1.165) is 5.56 Å². The highest BCUT2D eigenvalue weighted by Gasteiger charge is 2.52. The minimum Gasteiger partial charge on any atom is -0.495 e. The van der Waals surface area contributed by atoms with Gasteiger partial charge in [-0.05, 0) is 44.0 Å². The van der Waals surface area contributed by atoms with Crippen LogP contribution in [0.5, 0.6) is 5.75 Å². The van der Waals surface area contributed by atoms with Crippen LogP contribution in [0.4, 0.5) is 11.4 Å². The third-order valence-corrected chi connectivity index (χ3v) is 6.47. The number of hydrogen-bond donors (Lipinski definition) is 1. The molecule has 2 aromatic carbocycles. The Balaban J connectivity index is 1.55. The van der Waals surface area contributed by atoms with Gasteiger partial charge >= 0.3 is 0 Å². The molecule has 2 aliphatic rings. The maximum Gasteiger partial charge on any atom is 0.257 e. The van der Waals surface area contributed by atoms with E-state index < -0.39 is 5.66 Å². The first-order valence-corrected chi connectivity index (χ1v) is 10.5. The number of anilines is 2. The van der Waals surface area contributed by atoms with E-state index in [2.05, 4.69) is 5.32 Å². The predicted octanol–water partition coefficient (Wildman–Crippen LogP) is 3.98. The summed E-state index contributed by atoms with van der Waals surface area (Å²) in [5.41, 5.74) is 1.67. The summed E-state index contributed by atoms with van der Waals surface area (Å²) in [7, 11) is 1.51. The Bertz CT molecular complexity index is 1090. The van der Waals surface area contributed by atoms with Gasteiger partial charge in [0.2, 0.25) is 11.8 Å². The van der Waals surface area contributed by atoms with Crippen LogP contribution in [-0.2, 0) is 9.59 Å². The van der Waals surface area contributed by atoms with Crippen LogP contribution in [-0.4, -0.2) is 41.9 Å². The molecule has 1 unspecified atom stereocenters. The van der Waals surface area contributed by atoms with E-state index in [1.54, 1.807) is 40.1 Å². The molecule has 8 heteroatoms. The first-order valence-electron chi connectivity index (χ1n) is 10.1. The molecule has 0 bridgehead atoms. The van der Waals surface area contributed by atoms with Crippen molar-refractivity contribution in [2.75, 3.05) is 23.9 Å². The Morgan fingerprint density at radius 3 is 2.74 bits per heavy atom. The highest BCUT2D eigenvalue weighted by atomic mass is 35.5. The quantitative estimate of drug-likeness (QED) is 0.761. The van der Waals surface area contributed by atoms with E-state index in [4.69, 9.17) is 16.3 Å². The third kappa shape index (κ3) is 3.53. The number of hydrogen-bond acceptors (Lipinski definition) is 4. The number of nitrogens with zero attached hydrogens (tertiary/aromatic N) is 2. The van der Waals surface area contributed by atoms with Gasteiger partial charge in [0.25, 0.3) is 5.91 Å². The molecule has 0 saturated carbocycles. The third-order valence-electron chi connectivity index (χ3n) is 6.06. The first-order chi connectivity index (χ1) is 14.8. The molecule has 0 spiro atoms. The molecule has 7 nitrogen and oxygen atoms in total. The number of carbonyl (C=O) groups excluding carboxylic acids is 3. The number of carbonyl (C=O) groups is 3. The normalized spacial score (nSPS) is 19.9. The zero-order valence-corrected chi connectivity index (χ0v) is 18.5. The molecule has 0 aliphatic carbocycles. The van der Waals surface area contributed by atoms with Crippen molar-refractivity contribution in [1.82, 2.24) is 4.90 Å².